The lowest BCUT2D eigenvalue weighted by Crippen LogP contribution is -2.41. The number of aliphatic hydroxyl groups is 2. The molecule has 1 aromatic heterocycles. The molecule has 0 bridgehead atoms. The summed E-state index contributed by atoms with van der Waals surface area (Å²) in [4.78, 5) is 40.8. The number of carbonyl (C=O) groups is 3. The zero-order valence-electron chi connectivity index (χ0n) is 74.2. The molecule has 5 aromatic rings. The zero-order valence-corrected chi connectivity index (χ0v) is 76.2. The number of aromatic amines is 1. The van der Waals surface area contributed by atoms with Crippen molar-refractivity contribution in [1.82, 2.24) is 9.97 Å². The number of aldehydes is 1. The first kappa shape index (κ1) is 98.8. The van der Waals surface area contributed by atoms with Gasteiger partial charge in [0.1, 0.15) is 6.29 Å². The van der Waals surface area contributed by atoms with Gasteiger partial charge >= 0.3 is 11.9 Å². The number of allylic oxidation sites excluding steroid dienone is 4. The quantitative estimate of drug-likeness (QED) is 0.0117. The summed E-state index contributed by atoms with van der Waals surface area (Å²) in [7, 11) is -0.468. The van der Waals surface area contributed by atoms with Gasteiger partial charge in [0.2, 0.25) is 0 Å². The van der Waals surface area contributed by atoms with Crippen molar-refractivity contribution in [2.45, 2.75) is 277 Å². The van der Waals surface area contributed by atoms with E-state index >= 15 is 0 Å². The molecule has 3 N–H and O–H groups in total. The molecule has 0 amide bonds. The highest BCUT2D eigenvalue weighted by atomic mass is 28.4. The first-order valence-electron chi connectivity index (χ1n) is 44.4. The summed E-state index contributed by atoms with van der Waals surface area (Å²) in [6.45, 7) is 32.2. The third-order valence-electron chi connectivity index (χ3n) is 25.4. The number of imidazole rings is 1. The fraction of sp³-hybridized carbons (Fsp3) is 0.616. The van der Waals surface area contributed by atoms with Gasteiger partial charge in [0.05, 0.1) is 92.0 Å². The monoisotopic (exact) mass is 1660 g/mol. The zero-order chi connectivity index (χ0) is 84.9. The van der Waals surface area contributed by atoms with E-state index in [1.807, 2.05) is 72.9 Å². The number of H-pyrrole nitrogens is 1. The van der Waals surface area contributed by atoms with Crippen LogP contribution in [-0.2, 0) is 94.0 Å². The first-order chi connectivity index (χ1) is 56.8. The van der Waals surface area contributed by atoms with Crippen LogP contribution in [0.25, 0.3) is 0 Å². The van der Waals surface area contributed by atoms with Gasteiger partial charge in [0.15, 0.2) is 22.4 Å². The molecule has 3 fully saturated rings. The minimum absolute atomic E-state index is 0.181. The average Bonchev–Trinajstić information content (AvgIpc) is 1.69. The Hall–Kier alpha value is -6.31. The highest BCUT2D eigenvalue weighted by Crippen LogP contribution is 2.42. The predicted octanol–water partition coefficient (Wildman–Crippen LogP) is 21.9. The van der Waals surface area contributed by atoms with Crippen molar-refractivity contribution >= 4 is 34.9 Å². The molecule has 12 rings (SSSR count). The van der Waals surface area contributed by atoms with E-state index in [4.69, 9.17) is 51.9 Å². The van der Waals surface area contributed by atoms with Crippen LogP contribution < -0.4 is 0 Å². The molecule has 19 heteroatoms. The molecule has 1 aliphatic heterocycles. The summed E-state index contributed by atoms with van der Waals surface area (Å²) in [6.07, 6.45) is 39.1. The van der Waals surface area contributed by atoms with Gasteiger partial charge in [0.25, 0.3) is 0 Å². The van der Waals surface area contributed by atoms with Crippen LogP contribution in [0, 0.1) is 41.4 Å². The van der Waals surface area contributed by atoms with Crippen molar-refractivity contribution < 1.29 is 71.3 Å². The number of hydrogen-bond donors (Lipinski definition) is 3. The van der Waals surface area contributed by atoms with Crippen LogP contribution in [0.3, 0.4) is 0 Å². The smallest absolute Gasteiger partial charge is 0.333 e. The van der Waals surface area contributed by atoms with Gasteiger partial charge in [-0.25, -0.2) is 9.78 Å². The molecule has 654 valence electrons. The maximum Gasteiger partial charge on any atom is 0.333 e. The minimum atomic E-state index is -1.65. The third-order valence-corrected chi connectivity index (χ3v) is 34.3. The Morgan fingerprint density at radius 1 is 0.508 bits per heavy atom. The van der Waals surface area contributed by atoms with Gasteiger partial charge in [-0.2, -0.15) is 0 Å². The lowest BCUT2D eigenvalue weighted by atomic mass is 9.78. The highest BCUT2D eigenvalue weighted by Gasteiger charge is 2.41. The topological polar surface area (TPSA) is 213 Å². The summed E-state index contributed by atoms with van der Waals surface area (Å²) in [6, 6.07) is 41.1. The maximum atomic E-state index is 11.6. The average molecular weight is 1660 g/mol. The second-order valence-electron chi connectivity index (χ2n) is 36.6. The van der Waals surface area contributed by atoms with Crippen molar-refractivity contribution in [1.29, 1.82) is 0 Å². The number of aromatic nitrogens is 2. The van der Waals surface area contributed by atoms with E-state index in [1.54, 1.807) is 6.33 Å². The number of nitrogens with one attached hydrogen (secondary N) is 1. The van der Waals surface area contributed by atoms with Crippen LogP contribution in [0.1, 0.15) is 224 Å². The summed E-state index contributed by atoms with van der Waals surface area (Å²) < 4.78 is 56.8. The number of esters is 2. The Morgan fingerprint density at radius 2 is 0.924 bits per heavy atom. The van der Waals surface area contributed by atoms with E-state index in [0.717, 1.165) is 186 Å². The van der Waals surface area contributed by atoms with E-state index in [1.165, 1.54) is 97.4 Å². The molecular weight excluding hydrogens is 1510 g/mol. The van der Waals surface area contributed by atoms with Crippen LogP contribution in [0.4, 0.5) is 0 Å². The molecule has 0 radical (unpaired) electrons. The Labute approximate surface area is 712 Å². The summed E-state index contributed by atoms with van der Waals surface area (Å²) in [5.41, 5.74) is 11.0. The van der Waals surface area contributed by atoms with E-state index in [2.05, 4.69) is 157 Å². The molecule has 1 saturated heterocycles. The second-order valence-corrected chi connectivity index (χ2v) is 46.2. The number of aliphatic hydroxyl groups excluding tert-OH is 2. The molecule has 7 atom stereocenters. The first-order valence-corrected chi connectivity index (χ1v) is 50.2. The van der Waals surface area contributed by atoms with Crippen molar-refractivity contribution in [3.63, 3.8) is 0 Å². The molecule has 118 heavy (non-hydrogen) atoms. The van der Waals surface area contributed by atoms with Crippen molar-refractivity contribution in [2.24, 2.45) is 41.4 Å². The van der Waals surface area contributed by atoms with Crippen molar-refractivity contribution in [3.05, 3.63) is 208 Å². The normalized spacial score (nSPS) is 21.4. The molecule has 17 nitrogen and oxygen atoms in total. The van der Waals surface area contributed by atoms with Gasteiger partial charge in [-0.3, -0.25) is 4.79 Å². The predicted molar refractivity (Wildman–Crippen MR) is 478 cm³/mol. The standard InChI is InChI=1S/C22H36O2Si.C17H24O4.C17H24O3.C17H22O3.C15H28O2Si.C11H16N2O/c1-22(2,3)25(4,5)24-18-21-13-9-12-19(16-21)14-15-23-17-20-10-7-6-8-11-20;1-20-17(19)15-11-13(7-8-16(15)18)9-10-21-12-14-5-3-2-4-6-14;1-2-4-16(5-3-1)14-18-11-8-15-6-9-17(10-7-15)19-12-13-20-17;1-19-17(18)16-9-5-8-14(12-16)10-11-20-13-15-6-3-2-4-7-15;1-15(2,3)18(4,5)17-12-14-8-6-7-13(11-14)9-10-16;14-7-10-3-1-2-9(4-10)5-11-6-12-8-13-11/h6-8,10-11,13,19H,9,12,14-18H2,1-5H3;2-6,13,15-16,18H,7-12H2,1H3;1-5,15H,6-14H2;2-4,6-7,9,14H,5,8,10-13H2,1H3;8,10,13H,6-7,9,11-12H2,1-5H3;3,6,8-9,14H,1-2,4-5,7H2,(H,12,13). The fourth-order valence-corrected chi connectivity index (χ4v) is 17.7. The number of ether oxygens (including phenoxy) is 8. The fourth-order valence-electron chi connectivity index (χ4n) is 15.7. The van der Waals surface area contributed by atoms with Crippen LogP contribution in [0.15, 0.2) is 180 Å². The number of rotatable bonds is 33. The molecule has 2 heterocycles. The van der Waals surface area contributed by atoms with E-state index in [0.29, 0.717) is 62.8 Å². The lowest BCUT2D eigenvalue weighted by Gasteiger charge is -2.37. The molecule has 2 saturated carbocycles. The van der Waals surface area contributed by atoms with E-state index < -0.39 is 22.7 Å². The molecule has 4 aromatic carbocycles. The molecule has 1 spiro atoms. The number of nitrogens with zero attached hydrogens (tertiary/aromatic N) is 1. The van der Waals surface area contributed by atoms with Crippen molar-refractivity contribution in [2.75, 3.05) is 73.7 Å². The summed E-state index contributed by atoms with van der Waals surface area (Å²) >= 11 is 0. The van der Waals surface area contributed by atoms with Crippen LogP contribution in [0.5, 0.6) is 0 Å². The molecule has 6 aliphatic carbocycles. The molecule has 7 aliphatic rings. The van der Waals surface area contributed by atoms with Crippen molar-refractivity contribution in [3.8, 4) is 0 Å². The van der Waals surface area contributed by atoms with Gasteiger partial charge in [0, 0.05) is 63.2 Å². The SMILES string of the molecule is CC(C)(C)[Si](C)(C)OCC1=CCCC(CC=O)C1.CC(C)(C)[Si](C)(C)OCC1=CCCC(CCOCc2ccccc2)C1.COC(=O)C1=CCCC(CCOCc2ccccc2)C1.COC(=O)C1CC(CCOCc2ccccc2)CCC1O.OCC1=CCCC(Cc2cnc[nH]2)C1.c1ccc(COCCC2CCC3(CC2)OCCO3)cc1. The van der Waals surface area contributed by atoms with Gasteiger partial charge in [-0.05, 0) is 252 Å². The van der Waals surface area contributed by atoms with Crippen LogP contribution in [-0.4, -0.2) is 141 Å². The Balaban J connectivity index is 0.000000197. The lowest BCUT2D eigenvalue weighted by molar-refractivity contribution is -0.183. The maximum absolute atomic E-state index is 11.6. The van der Waals surface area contributed by atoms with Gasteiger partial charge in [-0.1, -0.05) is 187 Å². The number of carbonyl (C=O) groups excluding carboxylic acids is 3. The second kappa shape index (κ2) is 53.6. The van der Waals surface area contributed by atoms with Crippen LogP contribution >= 0.6 is 0 Å². The highest BCUT2D eigenvalue weighted by molar-refractivity contribution is 6.74. The van der Waals surface area contributed by atoms with Gasteiger partial charge < -0.3 is 66.7 Å². The van der Waals surface area contributed by atoms with Crippen LogP contribution in [0.2, 0.25) is 36.3 Å². The number of methoxy groups -OCH3 is 2. The molecule has 7 unspecified atom stereocenters. The Bertz CT molecular complexity index is 3670. The largest absolute Gasteiger partial charge is 0.469 e. The third kappa shape index (κ3) is 37.6. The van der Waals surface area contributed by atoms with Gasteiger partial charge in [-0.15, -0.1) is 0 Å². The minimum Gasteiger partial charge on any atom is -0.469 e. The summed E-state index contributed by atoms with van der Waals surface area (Å²) in [5, 5.41) is 19.5. The summed E-state index contributed by atoms with van der Waals surface area (Å²) in [5.74, 6) is 2.62. The Kier molecular flexibility index (Phi) is 44.8. The molecular formula is C99H150N2O15Si2. The van der Waals surface area contributed by atoms with E-state index in [-0.39, 0.29) is 40.3 Å². The number of benzene rings is 4. The number of hydrogen-bond acceptors (Lipinski definition) is 16. The Morgan fingerprint density at radius 3 is 1.36 bits per heavy atom. The van der Waals surface area contributed by atoms with E-state index in [9.17, 15) is 19.5 Å².